The van der Waals surface area contributed by atoms with Crippen molar-refractivity contribution in [1.29, 1.82) is 0 Å². The van der Waals surface area contributed by atoms with E-state index in [1.54, 1.807) is 24.3 Å². The maximum atomic E-state index is 12.8. The number of esters is 1. The van der Waals surface area contributed by atoms with Gasteiger partial charge in [0.25, 0.3) is 5.91 Å². The normalized spacial score (nSPS) is 10.0. The van der Waals surface area contributed by atoms with E-state index in [4.69, 9.17) is 9.47 Å². The molecule has 0 heterocycles. The molecule has 0 saturated heterocycles. The lowest BCUT2D eigenvalue weighted by atomic mass is 10.2. The number of ether oxygens (including phenoxy) is 2. The number of amides is 2. The Bertz CT molecular complexity index is 823. The number of halogens is 1. The Morgan fingerprint density at radius 2 is 1.81 bits per heavy atom. The number of carbonyl (C=O) groups is 3. The van der Waals surface area contributed by atoms with Gasteiger partial charge in [0.05, 0.1) is 19.2 Å². The van der Waals surface area contributed by atoms with Gasteiger partial charge < -0.3 is 19.7 Å². The van der Waals surface area contributed by atoms with E-state index < -0.39 is 30.2 Å². The summed E-state index contributed by atoms with van der Waals surface area (Å²) in [7, 11) is 2.93. The van der Waals surface area contributed by atoms with Crippen molar-refractivity contribution < 1.29 is 28.2 Å². The van der Waals surface area contributed by atoms with Crippen molar-refractivity contribution in [2.75, 3.05) is 32.6 Å². The molecule has 0 spiro atoms. The molecule has 0 saturated carbocycles. The quantitative estimate of drug-likeness (QED) is 0.750. The van der Waals surface area contributed by atoms with Crippen LogP contribution < -0.4 is 10.1 Å². The molecule has 8 heteroatoms. The number of anilines is 1. The first-order valence-electron chi connectivity index (χ1n) is 7.99. The summed E-state index contributed by atoms with van der Waals surface area (Å²) in [6, 6.07) is 11.5. The summed E-state index contributed by atoms with van der Waals surface area (Å²) in [4.78, 5) is 37.0. The Labute approximate surface area is 155 Å². The molecule has 0 aromatic heterocycles. The van der Waals surface area contributed by atoms with Gasteiger partial charge in [0.1, 0.15) is 11.6 Å². The smallest absolute Gasteiger partial charge is 0.338 e. The molecule has 1 N–H and O–H groups in total. The van der Waals surface area contributed by atoms with Crippen LogP contribution in [0.2, 0.25) is 0 Å². The topological polar surface area (TPSA) is 84.9 Å². The van der Waals surface area contributed by atoms with Gasteiger partial charge in [-0.1, -0.05) is 6.07 Å². The van der Waals surface area contributed by atoms with Crippen LogP contribution in [-0.2, 0) is 14.3 Å². The third-order valence-electron chi connectivity index (χ3n) is 3.57. The van der Waals surface area contributed by atoms with Gasteiger partial charge in [0.2, 0.25) is 5.91 Å². The van der Waals surface area contributed by atoms with Crippen LogP contribution >= 0.6 is 0 Å². The third-order valence-corrected chi connectivity index (χ3v) is 3.57. The van der Waals surface area contributed by atoms with Gasteiger partial charge in [-0.05, 0) is 36.4 Å². The summed E-state index contributed by atoms with van der Waals surface area (Å²) < 4.78 is 22.8. The SMILES string of the molecule is COc1cccc(NC(=O)CN(C)C(=O)COC(=O)c2ccc(F)cc2)c1. The fraction of sp³-hybridized carbons (Fsp3) is 0.211. The van der Waals surface area contributed by atoms with Crippen LogP contribution in [0.4, 0.5) is 10.1 Å². The van der Waals surface area contributed by atoms with Gasteiger partial charge in [-0.3, -0.25) is 9.59 Å². The van der Waals surface area contributed by atoms with Crippen LogP contribution in [0.3, 0.4) is 0 Å². The fourth-order valence-electron chi connectivity index (χ4n) is 2.11. The third kappa shape index (κ3) is 6.10. The van der Waals surface area contributed by atoms with Gasteiger partial charge in [-0.25, -0.2) is 9.18 Å². The zero-order valence-electron chi connectivity index (χ0n) is 14.9. The van der Waals surface area contributed by atoms with Crippen molar-refractivity contribution in [2.24, 2.45) is 0 Å². The summed E-state index contributed by atoms with van der Waals surface area (Å²) in [6.07, 6.45) is 0. The average Bonchev–Trinajstić information content (AvgIpc) is 2.66. The zero-order valence-corrected chi connectivity index (χ0v) is 14.9. The number of rotatable bonds is 7. The van der Waals surface area contributed by atoms with Crippen LogP contribution in [0.1, 0.15) is 10.4 Å². The summed E-state index contributed by atoms with van der Waals surface area (Å²) in [6.45, 7) is -0.747. The minimum atomic E-state index is -0.752. The molecule has 0 aliphatic rings. The van der Waals surface area contributed by atoms with Crippen molar-refractivity contribution in [1.82, 2.24) is 4.90 Å². The maximum Gasteiger partial charge on any atom is 0.338 e. The molecule has 2 aromatic carbocycles. The molecule has 0 bridgehead atoms. The van der Waals surface area contributed by atoms with E-state index >= 15 is 0 Å². The Morgan fingerprint density at radius 3 is 2.48 bits per heavy atom. The number of hydrogen-bond acceptors (Lipinski definition) is 5. The average molecular weight is 374 g/mol. The van der Waals surface area contributed by atoms with Crippen molar-refractivity contribution in [2.45, 2.75) is 0 Å². The highest BCUT2D eigenvalue weighted by Crippen LogP contribution is 2.16. The highest BCUT2D eigenvalue weighted by Gasteiger charge is 2.16. The number of likely N-dealkylation sites (N-methyl/N-ethyl adjacent to an activating group) is 1. The second-order valence-electron chi connectivity index (χ2n) is 5.61. The van der Waals surface area contributed by atoms with E-state index in [2.05, 4.69) is 5.32 Å². The van der Waals surface area contributed by atoms with Crippen molar-refractivity contribution in [3.63, 3.8) is 0 Å². The van der Waals surface area contributed by atoms with Gasteiger partial charge in [0, 0.05) is 18.8 Å². The summed E-state index contributed by atoms with van der Waals surface area (Å²) in [5, 5.41) is 2.64. The number of methoxy groups -OCH3 is 1. The number of nitrogens with one attached hydrogen (secondary N) is 1. The molecular formula is C19H19FN2O5. The molecule has 0 fully saturated rings. The molecule has 0 radical (unpaired) electrons. The summed E-state index contributed by atoms with van der Waals surface area (Å²) in [5.74, 6) is -1.61. The highest BCUT2D eigenvalue weighted by molar-refractivity contribution is 5.95. The Morgan fingerprint density at radius 1 is 1.11 bits per heavy atom. The van der Waals surface area contributed by atoms with Crippen molar-refractivity contribution in [3.05, 3.63) is 59.9 Å². The molecule has 0 aliphatic carbocycles. The van der Waals surface area contributed by atoms with Crippen LogP contribution in [0.25, 0.3) is 0 Å². The lowest BCUT2D eigenvalue weighted by Crippen LogP contribution is -2.37. The van der Waals surface area contributed by atoms with E-state index in [0.29, 0.717) is 11.4 Å². The van der Waals surface area contributed by atoms with Gasteiger partial charge >= 0.3 is 5.97 Å². The first-order chi connectivity index (χ1) is 12.9. The fourth-order valence-corrected chi connectivity index (χ4v) is 2.11. The zero-order chi connectivity index (χ0) is 19.8. The molecule has 7 nitrogen and oxygen atoms in total. The Kier molecular flexibility index (Phi) is 6.87. The summed E-state index contributed by atoms with van der Waals surface area (Å²) in [5.41, 5.74) is 0.658. The molecular weight excluding hydrogens is 355 g/mol. The predicted octanol–water partition coefficient (Wildman–Crippen LogP) is 2.09. The predicted molar refractivity (Wildman–Crippen MR) is 95.9 cm³/mol. The molecule has 142 valence electrons. The van der Waals surface area contributed by atoms with Crippen LogP contribution in [-0.4, -0.2) is 50.0 Å². The number of benzene rings is 2. The largest absolute Gasteiger partial charge is 0.497 e. The highest BCUT2D eigenvalue weighted by atomic mass is 19.1. The van der Waals surface area contributed by atoms with E-state index in [1.165, 1.54) is 26.3 Å². The monoisotopic (exact) mass is 374 g/mol. The lowest BCUT2D eigenvalue weighted by molar-refractivity contribution is -0.136. The molecule has 0 aliphatic heterocycles. The van der Waals surface area contributed by atoms with Gasteiger partial charge in [-0.15, -0.1) is 0 Å². The molecule has 0 atom stereocenters. The Hall–Kier alpha value is -3.42. The molecule has 2 rings (SSSR count). The van der Waals surface area contributed by atoms with E-state index in [0.717, 1.165) is 17.0 Å². The van der Waals surface area contributed by atoms with E-state index in [1.807, 2.05) is 0 Å². The van der Waals surface area contributed by atoms with Crippen molar-refractivity contribution >= 4 is 23.5 Å². The summed E-state index contributed by atoms with van der Waals surface area (Å²) >= 11 is 0. The van der Waals surface area contributed by atoms with Crippen LogP contribution in [0, 0.1) is 5.82 Å². The Balaban J connectivity index is 1.81. The maximum absolute atomic E-state index is 12.8. The first kappa shape index (κ1) is 19.9. The minimum Gasteiger partial charge on any atom is -0.497 e. The van der Waals surface area contributed by atoms with Gasteiger partial charge in [0.15, 0.2) is 6.61 Å². The molecule has 27 heavy (non-hydrogen) atoms. The molecule has 0 unspecified atom stereocenters. The van der Waals surface area contributed by atoms with E-state index in [-0.39, 0.29) is 12.1 Å². The number of carbonyl (C=O) groups excluding carboxylic acids is 3. The van der Waals surface area contributed by atoms with E-state index in [9.17, 15) is 18.8 Å². The number of hydrogen-bond donors (Lipinski definition) is 1. The first-order valence-corrected chi connectivity index (χ1v) is 7.99. The van der Waals surface area contributed by atoms with Crippen molar-refractivity contribution in [3.8, 4) is 5.75 Å². The van der Waals surface area contributed by atoms with Gasteiger partial charge in [-0.2, -0.15) is 0 Å². The molecule has 2 amide bonds. The number of nitrogens with zero attached hydrogens (tertiary/aromatic N) is 1. The lowest BCUT2D eigenvalue weighted by Gasteiger charge is -2.17. The standard InChI is InChI=1S/C19H19FN2O5/c1-22(11-17(23)21-15-4-3-5-16(10-15)26-2)18(24)12-27-19(25)13-6-8-14(20)9-7-13/h3-10H,11-12H2,1-2H3,(H,21,23). The molecule has 2 aromatic rings. The minimum absolute atomic E-state index is 0.127. The second kappa shape index (κ2) is 9.33. The van der Waals surface area contributed by atoms with Crippen LogP contribution in [0.5, 0.6) is 5.75 Å². The van der Waals surface area contributed by atoms with Crippen LogP contribution in [0.15, 0.2) is 48.5 Å². The second-order valence-corrected chi connectivity index (χ2v) is 5.61.